The number of aromatic nitrogens is 1. The van der Waals surface area contributed by atoms with Crippen molar-refractivity contribution < 1.29 is 0 Å². The lowest BCUT2D eigenvalue weighted by molar-refractivity contribution is 0.324. The van der Waals surface area contributed by atoms with Gasteiger partial charge in [0.1, 0.15) is 0 Å². The van der Waals surface area contributed by atoms with Crippen molar-refractivity contribution in [2.75, 3.05) is 0 Å². The number of hydrogen-bond acceptors (Lipinski definition) is 1. The number of H-pyrrole nitrogens is 1. The highest BCUT2D eigenvalue weighted by Gasteiger charge is 2.38. The van der Waals surface area contributed by atoms with Crippen LogP contribution >= 0.6 is 0 Å². The molecule has 2 heteroatoms. The van der Waals surface area contributed by atoms with E-state index < -0.39 is 0 Å². The van der Waals surface area contributed by atoms with Crippen molar-refractivity contribution in [1.29, 1.82) is 5.26 Å². The highest BCUT2D eigenvalue weighted by molar-refractivity contribution is 5.84. The van der Waals surface area contributed by atoms with Gasteiger partial charge in [0.2, 0.25) is 0 Å². The van der Waals surface area contributed by atoms with E-state index in [1.54, 1.807) is 0 Å². The van der Waals surface area contributed by atoms with Crippen LogP contribution in [0.3, 0.4) is 0 Å². The minimum Gasteiger partial charge on any atom is -0.361 e. The zero-order valence-corrected chi connectivity index (χ0v) is 9.38. The van der Waals surface area contributed by atoms with E-state index in [1.165, 1.54) is 22.9 Å². The molecule has 0 unspecified atom stereocenters. The maximum Gasteiger partial charge on any atom is 0.0822 e. The predicted molar refractivity (Wildman–Crippen MR) is 64.2 cm³/mol. The first-order valence-electron chi connectivity index (χ1n) is 5.75. The maximum absolute atomic E-state index is 9.32. The average molecular weight is 210 g/mol. The number of nitriles is 1. The molecule has 1 aliphatic rings. The van der Waals surface area contributed by atoms with Gasteiger partial charge in [-0.2, -0.15) is 5.26 Å². The van der Waals surface area contributed by atoms with Crippen LogP contribution in [-0.2, 0) is 5.41 Å². The molecule has 1 fully saturated rings. The molecule has 1 aliphatic carbocycles. The molecule has 1 aromatic carbocycles. The van der Waals surface area contributed by atoms with Crippen LogP contribution < -0.4 is 0 Å². The van der Waals surface area contributed by atoms with Crippen LogP contribution in [0.4, 0.5) is 0 Å². The summed E-state index contributed by atoms with van der Waals surface area (Å²) in [5, 5.41) is 10.6. The second kappa shape index (κ2) is 3.12. The molecule has 0 radical (unpaired) electrons. The minimum atomic E-state index is -0.197. The van der Waals surface area contributed by atoms with Gasteiger partial charge >= 0.3 is 0 Å². The van der Waals surface area contributed by atoms with Gasteiger partial charge in [-0.3, -0.25) is 0 Å². The Morgan fingerprint density at radius 2 is 2.19 bits per heavy atom. The Hall–Kier alpha value is -1.75. The third-order valence-corrected chi connectivity index (χ3v) is 3.86. The van der Waals surface area contributed by atoms with Gasteiger partial charge < -0.3 is 4.98 Å². The van der Waals surface area contributed by atoms with Gasteiger partial charge in [0.25, 0.3) is 0 Å². The van der Waals surface area contributed by atoms with Gasteiger partial charge in [0.15, 0.2) is 0 Å². The van der Waals surface area contributed by atoms with Crippen LogP contribution in [0.1, 0.15) is 30.4 Å². The number of aromatic amines is 1. The molecule has 0 bridgehead atoms. The number of nitrogens with zero attached hydrogens (tertiary/aromatic N) is 1. The van der Waals surface area contributed by atoms with E-state index in [9.17, 15) is 5.26 Å². The van der Waals surface area contributed by atoms with Crippen molar-refractivity contribution in [3.05, 3.63) is 35.5 Å². The standard InChI is InChI=1S/C14H14N2/c1-10-8-16-13-4-3-11(7-12(10)13)14(9-15)5-2-6-14/h3-4,7-8,16H,2,5-6H2,1H3. The molecule has 0 aliphatic heterocycles. The zero-order valence-electron chi connectivity index (χ0n) is 9.38. The summed E-state index contributed by atoms with van der Waals surface area (Å²) >= 11 is 0. The topological polar surface area (TPSA) is 39.6 Å². The molecule has 0 saturated heterocycles. The van der Waals surface area contributed by atoms with Crippen LogP contribution in [-0.4, -0.2) is 4.98 Å². The molecule has 3 rings (SSSR count). The number of rotatable bonds is 1. The number of nitrogens with one attached hydrogen (secondary N) is 1. The molecule has 1 aromatic heterocycles. The summed E-state index contributed by atoms with van der Waals surface area (Å²) in [7, 11) is 0. The van der Waals surface area contributed by atoms with E-state index in [0.29, 0.717) is 0 Å². The number of benzene rings is 1. The number of aryl methyl sites for hydroxylation is 1. The van der Waals surface area contributed by atoms with Crippen molar-refractivity contribution in [3.63, 3.8) is 0 Å². The molecule has 2 aromatic rings. The molecule has 0 spiro atoms. The third kappa shape index (κ3) is 1.12. The zero-order chi connectivity index (χ0) is 11.2. The summed E-state index contributed by atoms with van der Waals surface area (Å²) < 4.78 is 0. The highest BCUT2D eigenvalue weighted by atomic mass is 14.7. The Balaban J connectivity index is 2.18. The molecule has 1 heterocycles. The van der Waals surface area contributed by atoms with Gasteiger partial charge in [-0.25, -0.2) is 0 Å². The van der Waals surface area contributed by atoms with Crippen molar-refractivity contribution >= 4 is 10.9 Å². The molecule has 1 N–H and O–H groups in total. The van der Waals surface area contributed by atoms with Crippen LogP contribution in [0.2, 0.25) is 0 Å². The Kier molecular flexibility index (Phi) is 1.85. The van der Waals surface area contributed by atoms with Crippen LogP contribution in [0.5, 0.6) is 0 Å². The van der Waals surface area contributed by atoms with Crippen LogP contribution in [0, 0.1) is 18.3 Å². The summed E-state index contributed by atoms with van der Waals surface area (Å²) in [4.78, 5) is 3.24. The summed E-state index contributed by atoms with van der Waals surface area (Å²) in [6.45, 7) is 2.10. The van der Waals surface area contributed by atoms with E-state index in [-0.39, 0.29) is 5.41 Å². The van der Waals surface area contributed by atoms with Crippen molar-refractivity contribution in [1.82, 2.24) is 4.98 Å². The fraction of sp³-hybridized carbons (Fsp3) is 0.357. The molecule has 0 amide bonds. The normalized spacial score (nSPS) is 18.0. The SMILES string of the molecule is Cc1c[nH]c2ccc(C3(C#N)CCC3)cc12. The first-order valence-corrected chi connectivity index (χ1v) is 5.75. The van der Waals surface area contributed by atoms with E-state index in [0.717, 1.165) is 18.4 Å². The fourth-order valence-corrected chi connectivity index (χ4v) is 2.55. The lowest BCUT2D eigenvalue weighted by atomic mass is 9.65. The van der Waals surface area contributed by atoms with Gasteiger partial charge in [0, 0.05) is 17.1 Å². The van der Waals surface area contributed by atoms with Crippen molar-refractivity contribution in [2.45, 2.75) is 31.6 Å². The largest absolute Gasteiger partial charge is 0.361 e. The van der Waals surface area contributed by atoms with Gasteiger partial charge in [-0.15, -0.1) is 0 Å². The summed E-state index contributed by atoms with van der Waals surface area (Å²) in [5.74, 6) is 0. The quantitative estimate of drug-likeness (QED) is 0.769. The van der Waals surface area contributed by atoms with E-state index in [4.69, 9.17) is 0 Å². The third-order valence-electron chi connectivity index (χ3n) is 3.86. The van der Waals surface area contributed by atoms with E-state index in [2.05, 4.69) is 36.2 Å². The summed E-state index contributed by atoms with van der Waals surface area (Å²) in [6, 6.07) is 8.87. The Morgan fingerprint density at radius 3 is 2.81 bits per heavy atom. The van der Waals surface area contributed by atoms with Gasteiger partial charge in [-0.05, 0) is 49.4 Å². The molecule has 2 nitrogen and oxygen atoms in total. The second-order valence-corrected chi connectivity index (χ2v) is 4.78. The summed E-state index contributed by atoms with van der Waals surface area (Å²) in [5.41, 5.74) is 3.41. The van der Waals surface area contributed by atoms with E-state index in [1.807, 2.05) is 6.20 Å². The number of hydrogen-bond donors (Lipinski definition) is 1. The molecule has 1 saturated carbocycles. The summed E-state index contributed by atoms with van der Waals surface area (Å²) in [6.07, 6.45) is 5.23. The lowest BCUT2D eigenvalue weighted by Crippen LogP contribution is -2.32. The Bertz CT molecular complexity index is 582. The predicted octanol–water partition coefficient (Wildman–Crippen LogP) is 3.42. The van der Waals surface area contributed by atoms with Crippen LogP contribution in [0.25, 0.3) is 10.9 Å². The molecule has 16 heavy (non-hydrogen) atoms. The molecular weight excluding hydrogens is 196 g/mol. The lowest BCUT2D eigenvalue weighted by Gasteiger charge is -2.35. The Morgan fingerprint density at radius 1 is 1.38 bits per heavy atom. The minimum absolute atomic E-state index is 0.197. The van der Waals surface area contributed by atoms with Crippen LogP contribution in [0.15, 0.2) is 24.4 Å². The maximum atomic E-state index is 9.32. The molecule has 80 valence electrons. The first-order chi connectivity index (χ1) is 7.75. The second-order valence-electron chi connectivity index (χ2n) is 4.78. The van der Waals surface area contributed by atoms with Gasteiger partial charge in [0.05, 0.1) is 11.5 Å². The Labute approximate surface area is 94.9 Å². The molecule has 0 atom stereocenters. The van der Waals surface area contributed by atoms with E-state index >= 15 is 0 Å². The van der Waals surface area contributed by atoms with Crippen molar-refractivity contribution in [2.24, 2.45) is 0 Å². The monoisotopic (exact) mass is 210 g/mol. The van der Waals surface area contributed by atoms with Crippen molar-refractivity contribution in [3.8, 4) is 6.07 Å². The molecular formula is C14H14N2. The average Bonchev–Trinajstić information content (AvgIpc) is 2.60. The highest BCUT2D eigenvalue weighted by Crippen LogP contribution is 2.43. The van der Waals surface area contributed by atoms with Gasteiger partial charge in [-0.1, -0.05) is 6.07 Å². The first kappa shape index (κ1) is 9.47. The smallest absolute Gasteiger partial charge is 0.0822 e. The number of fused-ring (bicyclic) bond motifs is 1. The fourth-order valence-electron chi connectivity index (χ4n) is 2.55.